The van der Waals surface area contributed by atoms with E-state index in [0.29, 0.717) is 0 Å². The van der Waals surface area contributed by atoms with E-state index in [4.69, 9.17) is 0 Å². The summed E-state index contributed by atoms with van der Waals surface area (Å²) in [5.41, 5.74) is 7.11. The zero-order chi connectivity index (χ0) is 22.0. The molecule has 0 aliphatic carbocycles. The highest BCUT2D eigenvalue weighted by molar-refractivity contribution is 6.13. The van der Waals surface area contributed by atoms with Crippen molar-refractivity contribution < 1.29 is 0 Å². The molecular weight excluding hydrogens is 398 g/mol. The lowest BCUT2D eigenvalue weighted by Crippen LogP contribution is -1.90. The molecule has 1 N–H and O–H groups in total. The average Bonchev–Trinajstić information content (AvgIpc) is 2.90. The molecule has 0 aliphatic rings. The Bertz CT molecular complexity index is 1550. The Hall–Kier alpha value is -4.36. The van der Waals surface area contributed by atoms with Crippen molar-refractivity contribution in [2.45, 2.75) is 0 Å². The van der Waals surface area contributed by atoms with Crippen LogP contribution in [0.3, 0.4) is 0 Å². The molecule has 6 aromatic rings. The molecule has 0 saturated carbocycles. The third-order valence-corrected chi connectivity index (χ3v) is 6.24. The molecule has 156 valence electrons. The van der Waals surface area contributed by atoms with E-state index >= 15 is 0 Å². The van der Waals surface area contributed by atoms with Crippen LogP contribution in [-0.4, -0.2) is 0 Å². The fourth-order valence-corrected chi connectivity index (χ4v) is 4.57. The Labute approximate surface area is 194 Å². The number of hydrogen-bond acceptors (Lipinski definition) is 1. The highest BCUT2D eigenvalue weighted by Crippen LogP contribution is 2.35. The van der Waals surface area contributed by atoms with Crippen LogP contribution >= 0.6 is 0 Å². The maximum absolute atomic E-state index is 3.53. The number of hydrogen-bond donors (Lipinski definition) is 1. The lowest BCUT2D eigenvalue weighted by molar-refractivity contribution is 1.54. The van der Waals surface area contributed by atoms with Gasteiger partial charge in [-0.15, -0.1) is 0 Å². The first-order valence-electron chi connectivity index (χ1n) is 11.3. The fraction of sp³-hybridized carbons (Fsp3) is 0. The second-order valence-electron chi connectivity index (χ2n) is 8.34. The highest BCUT2D eigenvalue weighted by Gasteiger charge is 2.08. The Kier molecular flexibility index (Phi) is 4.86. The zero-order valence-electron chi connectivity index (χ0n) is 18.2. The summed E-state index contributed by atoms with van der Waals surface area (Å²) in [7, 11) is 0. The first kappa shape index (κ1) is 19.3. The van der Waals surface area contributed by atoms with Gasteiger partial charge in [0.1, 0.15) is 0 Å². The van der Waals surface area contributed by atoms with Crippen molar-refractivity contribution >= 4 is 32.9 Å². The molecule has 0 aromatic heterocycles. The number of nitrogens with one attached hydrogen (secondary N) is 1. The minimum absolute atomic E-state index is 1.08. The first-order valence-corrected chi connectivity index (χ1v) is 11.3. The Morgan fingerprint density at radius 2 is 0.879 bits per heavy atom. The molecule has 0 heterocycles. The van der Waals surface area contributed by atoms with Crippen LogP contribution in [0.25, 0.3) is 43.8 Å². The summed E-state index contributed by atoms with van der Waals surface area (Å²) >= 11 is 0. The average molecular weight is 422 g/mol. The summed E-state index contributed by atoms with van der Waals surface area (Å²) in [4.78, 5) is 0. The minimum Gasteiger partial charge on any atom is -0.356 e. The fourth-order valence-electron chi connectivity index (χ4n) is 4.57. The molecule has 0 fully saturated rings. The number of benzene rings is 6. The van der Waals surface area contributed by atoms with Crippen molar-refractivity contribution in [2.75, 3.05) is 5.32 Å². The van der Waals surface area contributed by atoms with Crippen LogP contribution in [0.15, 0.2) is 133 Å². The molecule has 6 aromatic carbocycles. The summed E-state index contributed by atoms with van der Waals surface area (Å²) in [5.74, 6) is 0. The molecule has 0 aliphatic heterocycles. The lowest BCUT2D eigenvalue weighted by Gasteiger charge is -2.12. The zero-order valence-corrected chi connectivity index (χ0v) is 18.2. The lowest BCUT2D eigenvalue weighted by atomic mass is 9.93. The van der Waals surface area contributed by atoms with Crippen LogP contribution in [-0.2, 0) is 0 Å². The largest absolute Gasteiger partial charge is 0.356 e. The quantitative estimate of drug-likeness (QED) is 0.280. The van der Waals surface area contributed by atoms with E-state index in [1.165, 1.54) is 43.8 Å². The monoisotopic (exact) mass is 421 g/mol. The van der Waals surface area contributed by atoms with Gasteiger partial charge in [0.15, 0.2) is 0 Å². The summed E-state index contributed by atoms with van der Waals surface area (Å²) in [6.45, 7) is 0. The maximum Gasteiger partial charge on any atom is 0.0384 e. The van der Waals surface area contributed by atoms with Crippen molar-refractivity contribution in [1.82, 2.24) is 0 Å². The second kappa shape index (κ2) is 8.29. The van der Waals surface area contributed by atoms with E-state index in [-0.39, 0.29) is 0 Å². The van der Waals surface area contributed by atoms with Gasteiger partial charge in [-0.05, 0) is 74.1 Å². The molecule has 33 heavy (non-hydrogen) atoms. The van der Waals surface area contributed by atoms with Crippen LogP contribution in [0.2, 0.25) is 0 Å². The number of fused-ring (bicyclic) bond motifs is 3. The van der Waals surface area contributed by atoms with Gasteiger partial charge in [0.05, 0.1) is 0 Å². The third kappa shape index (κ3) is 3.75. The van der Waals surface area contributed by atoms with E-state index < -0.39 is 0 Å². The smallest absolute Gasteiger partial charge is 0.0384 e. The predicted molar refractivity (Wildman–Crippen MR) is 142 cm³/mol. The molecule has 0 bridgehead atoms. The van der Waals surface area contributed by atoms with E-state index in [0.717, 1.165) is 11.4 Å². The first-order chi connectivity index (χ1) is 16.3. The van der Waals surface area contributed by atoms with Crippen molar-refractivity contribution in [3.8, 4) is 22.3 Å². The molecule has 1 heteroatoms. The Balaban J connectivity index is 1.30. The molecule has 0 atom stereocenters. The SMILES string of the molecule is c1ccc(-c2ccc(Nc3ccc(-c4cc5ccccc5c5ccccc45)cc3)cc2)cc1. The topological polar surface area (TPSA) is 12.0 Å². The molecule has 0 radical (unpaired) electrons. The number of anilines is 2. The van der Waals surface area contributed by atoms with Crippen LogP contribution in [0, 0.1) is 0 Å². The van der Waals surface area contributed by atoms with Gasteiger partial charge in [0, 0.05) is 11.4 Å². The molecule has 6 rings (SSSR count). The molecule has 1 nitrogen and oxygen atoms in total. The second-order valence-corrected chi connectivity index (χ2v) is 8.34. The maximum atomic E-state index is 3.53. The molecule has 0 unspecified atom stereocenters. The normalized spacial score (nSPS) is 11.0. The van der Waals surface area contributed by atoms with Crippen LogP contribution in [0.4, 0.5) is 11.4 Å². The molecular formula is C32H23N. The summed E-state index contributed by atoms with van der Waals surface area (Å²) in [6.07, 6.45) is 0. The van der Waals surface area contributed by atoms with Gasteiger partial charge in [-0.25, -0.2) is 0 Å². The van der Waals surface area contributed by atoms with Crippen LogP contribution in [0.5, 0.6) is 0 Å². The van der Waals surface area contributed by atoms with Crippen LogP contribution < -0.4 is 5.32 Å². The van der Waals surface area contributed by atoms with Gasteiger partial charge >= 0.3 is 0 Å². The van der Waals surface area contributed by atoms with Gasteiger partial charge in [0.2, 0.25) is 0 Å². The van der Waals surface area contributed by atoms with Gasteiger partial charge in [0.25, 0.3) is 0 Å². The van der Waals surface area contributed by atoms with Gasteiger partial charge in [-0.1, -0.05) is 103 Å². The van der Waals surface area contributed by atoms with Crippen molar-refractivity contribution in [3.05, 3.63) is 133 Å². The summed E-state index contributed by atoms with van der Waals surface area (Å²) in [6, 6.07) is 47.4. The summed E-state index contributed by atoms with van der Waals surface area (Å²) in [5, 5.41) is 8.68. The van der Waals surface area contributed by atoms with Gasteiger partial charge in [-0.3, -0.25) is 0 Å². The van der Waals surface area contributed by atoms with Gasteiger partial charge in [-0.2, -0.15) is 0 Å². The van der Waals surface area contributed by atoms with Crippen molar-refractivity contribution in [3.63, 3.8) is 0 Å². The van der Waals surface area contributed by atoms with Crippen LogP contribution in [0.1, 0.15) is 0 Å². The van der Waals surface area contributed by atoms with E-state index in [9.17, 15) is 0 Å². The molecule has 0 saturated heterocycles. The predicted octanol–water partition coefficient (Wildman–Crippen LogP) is 9.07. The van der Waals surface area contributed by atoms with Crippen molar-refractivity contribution in [2.24, 2.45) is 0 Å². The number of rotatable bonds is 4. The van der Waals surface area contributed by atoms with E-state index in [1.807, 2.05) is 6.07 Å². The summed E-state index contributed by atoms with van der Waals surface area (Å²) < 4.78 is 0. The Morgan fingerprint density at radius 1 is 0.364 bits per heavy atom. The standard InChI is InChI=1S/C32H23N/c1-2-8-23(9-3-1)24-14-18-27(19-15-24)33-28-20-16-25(17-21-28)32-22-26-10-4-5-11-29(26)30-12-6-7-13-31(30)32/h1-22,33H. The third-order valence-electron chi connectivity index (χ3n) is 6.24. The Morgan fingerprint density at radius 3 is 1.58 bits per heavy atom. The molecule has 0 amide bonds. The minimum atomic E-state index is 1.08. The highest BCUT2D eigenvalue weighted by atomic mass is 14.9. The van der Waals surface area contributed by atoms with Crippen molar-refractivity contribution in [1.29, 1.82) is 0 Å². The molecule has 0 spiro atoms. The van der Waals surface area contributed by atoms with E-state index in [1.54, 1.807) is 0 Å². The van der Waals surface area contributed by atoms with E-state index in [2.05, 4.69) is 133 Å². The van der Waals surface area contributed by atoms with Gasteiger partial charge < -0.3 is 5.32 Å².